The molecule has 0 aliphatic heterocycles. The molecule has 0 aliphatic carbocycles. The van der Waals surface area contributed by atoms with Crippen LogP contribution in [0, 0.1) is 22.0 Å². The number of hydrogen-bond acceptors (Lipinski definition) is 3. The summed E-state index contributed by atoms with van der Waals surface area (Å²) in [6.07, 6.45) is 1.39. The molecular weight excluding hydrogens is 482 g/mol. The Labute approximate surface area is 154 Å². The van der Waals surface area contributed by atoms with Gasteiger partial charge in [-0.25, -0.2) is 0 Å². The van der Waals surface area contributed by atoms with Gasteiger partial charge in [0.1, 0.15) is 17.4 Å². The average molecular weight is 492 g/mol. The normalized spacial score (nSPS) is 11.1. The van der Waals surface area contributed by atoms with Crippen molar-refractivity contribution >= 4 is 67.8 Å². The van der Waals surface area contributed by atoms with Crippen molar-refractivity contribution in [1.82, 2.24) is 0 Å². The van der Waals surface area contributed by atoms with Crippen molar-refractivity contribution in [2.75, 3.05) is 5.32 Å². The van der Waals surface area contributed by atoms with Crippen LogP contribution in [0.1, 0.15) is 11.3 Å². The van der Waals surface area contributed by atoms with Crippen LogP contribution in [0.15, 0.2) is 38.7 Å². The number of furan rings is 1. The highest BCUT2D eigenvalue weighted by Gasteiger charge is 2.13. The van der Waals surface area contributed by atoms with Crippen molar-refractivity contribution in [3.8, 4) is 6.07 Å². The molecule has 0 spiro atoms. The minimum absolute atomic E-state index is 0.0583. The molecule has 1 aromatic heterocycles. The van der Waals surface area contributed by atoms with E-state index in [0.29, 0.717) is 20.2 Å². The minimum Gasteiger partial charge on any atom is -0.450 e. The third-order valence-electron chi connectivity index (χ3n) is 2.83. The Hall–Kier alpha value is -1.30. The number of hydrogen-bond donors (Lipinski definition) is 1. The van der Waals surface area contributed by atoms with Crippen LogP contribution in [0.4, 0.5) is 5.69 Å². The largest absolute Gasteiger partial charge is 0.450 e. The molecule has 1 N–H and O–H groups in total. The number of carbonyl (C=O) groups is 1. The van der Waals surface area contributed by atoms with Gasteiger partial charge in [-0.05, 0) is 46.6 Å². The maximum atomic E-state index is 12.2. The number of anilines is 1. The summed E-state index contributed by atoms with van der Waals surface area (Å²) in [6.45, 7) is 1.79. The van der Waals surface area contributed by atoms with Crippen molar-refractivity contribution < 1.29 is 9.21 Å². The molecule has 0 fully saturated rings. The van der Waals surface area contributed by atoms with Crippen LogP contribution in [-0.4, -0.2) is 5.91 Å². The van der Waals surface area contributed by atoms with E-state index >= 15 is 0 Å². The second-order valence-corrected chi connectivity index (χ2v) is 6.55. The van der Waals surface area contributed by atoms with Gasteiger partial charge in [0.15, 0.2) is 3.77 Å². The monoisotopic (exact) mass is 490 g/mol. The third-order valence-corrected chi connectivity index (χ3v) is 5.37. The molecule has 112 valence electrons. The van der Waals surface area contributed by atoms with E-state index in [0.717, 1.165) is 10.0 Å². The Morgan fingerprint density at radius 3 is 2.86 bits per heavy atom. The molecule has 0 radical (unpaired) electrons. The molecule has 1 amide bonds. The van der Waals surface area contributed by atoms with Gasteiger partial charge in [0.25, 0.3) is 5.91 Å². The zero-order valence-corrected chi connectivity index (χ0v) is 15.8. The van der Waals surface area contributed by atoms with Gasteiger partial charge >= 0.3 is 0 Å². The number of nitrogens with zero attached hydrogens (tertiary/aromatic N) is 1. The van der Waals surface area contributed by atoms with E-state index in [2.05, 4.69) is 21.2 Å². The highest BCUT2D eigenvalue weighted by Crippen LogP contribution is 2.26. The first kappa shape index (κ1) is 17.1. The number of amides is 1. The maximum absolute atomic E-state index is 12.2. The van der Waals surface area contributed by atoms with Crippen molar-refractivity contribution in [2.45, 2.75) is 6.92 Å². The Kier molecular flexibility index (Phi) is 5.67. The molecule has 0 atom stereocenters. The van der Waals surface area contributed by atoms with Crippen molar-refractivity contribution in [3.05, 3.63) is 54.4 Å². The molecule has 7 heteroatoms. The highest BCUT2D eigenvalue weighted by atomic mass is 127. The molecule has 1 heterocycles. The molecule has 0 unspecified atom stereocenters. The first-order valence-electron chi connectivity index (χ1n) is 6.05. The van der Waals surface area contributed by atoms with Gasteiger partial charge in [0, 0.05) is 39.4 Å². The summed E-state index contributed by atoms with van der Waals surface area (Å²) >= 11 is 11.3. The van der Waals surface area contributed by atoms with Gasteiger partial charge in [0.05, 0.1) is 4.47 Å². The summed E-state index contributed by atoms with van der Waals surface area (Å²) < 4.78 is 6.81. The lowest BCUT2D eigenvalue weighted by Crippen LogP contribution is -2.14. The molecule has 0 saturated heterocycles. The molecule has 0 bridgehead atoms. The van der Waals surface area contributed by atoms with Gasteiger partial charge in [-0.1, -0.05) is 17.7 Å². The second-order valence-electron chi connectivity index (χ2n) is 4.31. The second kappa shape index (κ2) is 7.31. The first-order valence-corrected chi connectivity index (χ1v) is 8.30. The van der Waals surface area contributed by atoms with Crippen LogP contribution in [0.25, 0.3) is 6.08 Å². The number of halogens is 3. The number of rotatable bonds is 3. The van der Waals surface area contributed by atoms with E-state index in [4.69, 9.17) is 16.0 Å². The predicted octanol–water partition coefficient (Wildman–Crippen LogP) is 5.15. The molecule has 22 heavy (non-hydrogen) atoms. The first-order chi connectivity index (χ1) is 10.4. The van der Waals surface area contributed by atoms with E-state index in [1.165, 1.54) is 6.08 Å². The molecule has 0 aliphatic rings. The fourth-order valence-corrected chi connectivity index (χ4v) is 2.55. The fourth-order valence-electron chi connectivity index (χ4n) is 1.66. The van der Waals surface area contributed by atoms with Gasteiger partial charge in [0.2, 0.25) is 0 Å². The predicted molar refractivity (Wildman–Crippen MR) is 97.5 cm³/mol. The molecule has 0 saturated carbocycles. The Morgan fingerprint density at radius 1 is 1.55 bits per heavy atom. The topological polar surface area (TPSA) is 66.0 Å². The zero-order valence-electron chi connectivity index (χ0n) is 11.3. The van der Waals surface area contributed by atoms with Gasteiger partial charge in [-0.2, -0.15) is 5.26 Å². The Morgan fingerprint density at radius 2 is 2.27 bits per heavy atom. The summed E-state index contributed by atoms with van der Waals surface area (Å²) in [6, 6.07) is 8.75. The lowest BCUT2D eigenvalue weighted by Gasteiger charge is -2.08. The van der Waals surface area contributed by atoms with E-state index in [1.54, 1.807) is 31.2 Å². The number of nitriles is 1. The standard InChI is InChI=1S/C15H9BrClIN2O2/c1-8-12(17)3-2-4-13(8)20-15(21)9(7-19)5-10-6-11(16)14(18)22-10/h2-6H,1H3,(H,20,21). The minimum atomic E-state index is -0.518. The number of benzene rings is 1. The lowest BCUT2D eigenvalue weighted by molar-refractivity contribution is -0.112. The van der Waals surface area contributed by atoms with Gasteiger partial charge in [-0.15, -0.1) is 0 Å². The molecule has 4 nitrogen and oxygen atoms in total. The van der Waals surface area contributed by atoms with Crippen molar-refractivity contribution in [3.63, 3.8) is 0 Å². The third kappa shape index (κ3) is 3.91. The van der Waals surface area contributed by atoms with Gasteiger partial charge in [-0.3, -0.25) is 4.79 Å². The van der Waals surface area contributed by atoms with E-state index in [1.807, 2.05) is 28.7 Å². The van der Waals surface area contributed by atoms with Crippen LogP contribution in [0.5, 0.6) is 0 Å². The van der Waals surface area contributed by atoms with Crippen molar-refractivity contribution in [1.29, 1.82) is 5.26 Å². The summed E-state index contributed by atoms with van der Waals surface area (Å²) in [5.41, 5.74) is 1.25. The maximum Gasteiger partial charge on any atom is 0.266 e. The van der Waals surface area contributed by atoms with Crippen LogP contribution in [0.3, 0.4) is 0 Å². The average Bonchev–Trinajstić information content (AvgIpc) is 2.79. The highest BCUT2D eigenvalue weighted by molar-refractivity contribution is 14.1. The Bertz CT molecular complexity index is 789. The van der Waals surface area contributed by atoms with Crippen molar-refractivity contribution in [2.24, 2.45) is 0 Å². The molecular formula is C15H9BrClIN2O2. The summed E-state index contributed by atoms with van der Waals surface area (Å²) in [7, 11) is 0. The van der Waals surface area contributed by atoms with Crippen LogP contribution in [0.2, 0.25) is 5.02 Å². The Balaban J connectivity index is 2.26. The van der Waals surface area contributed by atoms with Crippen LogP contribution in [-0.2, 0) is 4.79 Å². The lowest BCUT2D eigenvalue weighted by atomic mass is 10.1. The number of nitrogens with one attached hydrogen (secondary N) is 1. The quantitative estimate of drug-likeness (QED) is 0.367. The summed E-state index contributed by atoms with van der Waals surface area (Å²) in [4.78, 5) is 12.2. The number of carbonyl (C=O) groups excluding carboxylic acids is 1. The molecule has 2 rings (SSSR count). The van der Waals surface area contributed by atoms with Crippen LogP contribution >= 0.6 is 50.1 Å². The van der Waals surface area contributed by atoms with E-state index < -0.39 is 5.91 Å². The van der Waals surface area contributed by atoms with Crippen LogP contribution < -0.4 is 5.32 Å². The smallest absolute Gasteiger partial charge is 0.266 e. The summed E-state index contributed by atoms with van der Waals surface area (Å²) in [5.74, 6) is -0.0961. The van der Waals surface area contributed by atoms with Gasteiger partial charge < -0.3 is 9.73 Å². The molecule has 1 aromatic carbocycles. The fraction of sp³-hybridized carbons (Fsp3) is 0.0667. The van der Waals surface area contributed by atoms with E-state index in [9.17, 15) is 10.1 Å². The zero-order chi connectivity index (χ0) is 16.3. The van der Waals surface area contributed by atoms with E-state index in [-0.39, 0.29) is 5.57 Å². The summed E-state index contributed by atoms with van der Waals surface area (Å²) in [5, 5.41) is 12.4. The SMILES string of the molecule is Cc1c(Cl)cccc1NC(=O)C(C#N)=Cc1cc(Br)c(I)o1. The molecule has 2 aromatic rings.